The fraction of sp³-hybridized carbons (Fsp3) is 0.0976. The van der Waals surface area contributed by atoms with Gasteiger partial charge in [-0.2, -0.15) is 0 Å². The van der Waals surface area contributed by atoms with E-state index in [0.29, 0.717) is 0 Å². The summed E-state index contributed by atoms with van der Waals surface area (Å²) >= 11 is 0. The second-order valence-electron chi connectivity index (χ2n) is 11.7. The van der Waals surface area contributed by atoms with Crippen LogP contribution in [-0.2, 0) is 16.5 Å². The molecule has 0 bridgehead atoms. The molecule has 3 aromatic heterocycles. The maximum absolute atomic E-state index is 5.24. The SMILES string of the molecule is Cc1ccc(-c2cc(-c3ccc(C)cc3)c(-c3cccc(-c4[n-]c(-c5ccc(C)cc5)cc4-c4ccc(C)cc4)n3)[n-]2)cc1.N.[Ni+3]. The number of hydrogen-bond acceptors (Lipinski definition) is 2. The third kappa shape index (κ3) is 6.53. The van der Waals surface area contributed by atoms with E-state index in [4.69, 9.17) is 15.0 Å². The average Bonchev–Trinajstić information content (AvgIpc) is 3.69. The molecule has 1 radical (unpaired) electrons. The summed E-state index contributed by atoms with van der Waals surface area (Å²) in [5.74, 6) is 0. The number of aromatic nitrogens is 3. The van der Waals surface area contributed by atoms with Crippen molar-refractivity contribution in [3.8, 4) is 67.5 Å². The molecule has 0 spiro atoms. The van der Waals surface area contributed by atoms with Crippen LogP contribution in [0.3, 0.4) is 0 Å². The molecule has 0 aliphatic rings. The van der Waals surface area contributed by atoms with Gasteiger partial charge in [0.2, 0.25) is 0 Å². The molecule has 0 amide bonds. The van der Waals surface area contributed by atoms with Gasteiger partial charge in [0.1, 0.15) is 0 Å². The molecular weight excluding hydrogens is 607 g/mol. The topological polar surface area (TPSA) is 76.1 Å². The van der Waals surface area contributed by atoms with E-state index in [1.165, 1.54) is 22.3 Å². The third-order valence-electron chi connectivity index (χ3n) is 8.19. The summed E-state index contributed by atoms with van der Waals surface area (Å²) in [6.45, 7) is 8.43. The summed E-state index contributed by atoms with van der Waals surface area (Å²) < 4.78 is 0. The summed E-state index contributed by atoms with van der Waals surface area (Å²) in [5, 5.41) is 0. The molecule has 0 saturated heterocycles. The van der Waals surface area contributed by atoms with Crippen molar-refractivity contribution >= 4 is 0 Å². The molecule has 0 aliphatic heterocycles. The van der Waals surface area contributed by atoms with Gasteiger partial charge in [0.25, 0.3) is 0 Å². The zero-order valence-electron chi connectivity index (χ0n) is 26.5. The van der Waals surface area contributed by atoms with E-state index in [2.05, 4.69) is 155 Å². The van der Waals surface area contributed by atoms with Gasteiger partial charge in [-0.15, -0.1) is 22.8 Å². The Hall–Kier alpha value is -4.96. The van der Waals surface area contributed by atoms with Gasteiger partial charge in [-0.05, 0) is 73.2 Å². The van der Waals surface area contributed by atoms with Gasteiger partial charge in [-0.3, -0.25) is 4.98 Å². The first-order chi connectivity index (χ1) is 21.4. The minimum absolute atomic E-state index is 0. The number of pyridine rings is 1. The third-order valence-corrected chi connectivity index (χ3v) is 8.19. The molecule has 0 fully saturated rings. The van der Waals surface area contributed by atoms with Crippen molar-refractivity contribution in [3.05, 3.63) is 150 Å². The first kappa shape index (κ1) is 32.4. The van der Waals surface area contributed by atoms with Gasteiger partial charge in [-0.25, -0.2) is 0 Å². The standard InChI is InChI=1S/C41H33N3.H3N.Ni/c1-26-8-16-30(17-9-26)34-24-38(32-20-12-28(3)13-21-32)43-40(34)36-6-5-7-37(42-36)41-35(31-18-10-27(2)11-19-31)25-39(44-41)33-22-14-29(4)15-23-33;;/h5-25H,1-4H3;1H3;/q-2;;+3. The second-order valence-corrected chi connectivity index (χ2v) is 11.7. The van der Waals surface area contributed by atoms with Gasteiger partial charge in [0.15, 0.2) is 0 Å². The fourth-order valence-electron chi connectivity index (χ4n) is 5.58. The van der Waals surface area contributed by atoms with Crippen LogP contribution in [-0.4, -0.2) is 4.98 Å². The number of rotatable bonds is 6. The van der Waals surface area contributed by atoms with Crippen LogP contribution in [0.25, 0.3) is 67.5 Å². The van der Waals surface area contributed by atoms with Crippen LogP contribution < -0.4 is 16.1 Å². The van der Waals surface area contributed by atoms with Crippen molar-refractivity contribution in [1.29, 1.82) is 0 Å². The predicted octanol–water partition coefficient (Wildman–Crippen LogP) is 10.4. The second kappa shape index (κ2) is 13.6. The maximum atomic E-state index is 5.24. The molecule has 3 N–H and O–H groups in total. The van der Waals surface area contributed by atoms with E-state index < -0.39 is 0 Å². The van der Waals surface area contributed by atoms with E-state index in [1.807, 2.05) is 0 Å². The van der Waals surface area contributed by atoms with E-state index in [0.717, 1.165) is 67.5 Å². The molecular formula is C41H36N4Ni+. The first-order valence-corrected chi connectivity index (χ1v) is 15.0. The molecule has 0 aliphatic carbocycles. The molecule has 46 heavy (non-hydrogen) atoms. The summed E-state index contributed by atoms with van der Waals surface area (Å²) in [6.07, 6.45) is 0. The van der Waals surface area contributed by atoms with Crippen molar-refractivity contribution in [2.24, 2.45) is 0 Å². The number of nitrogens with zero attached hydrogens (tertiary/aromatic N) is 3. The van der Waals surface area contributed by atoms with E-state index in [-0.39, 0.29) is 22.6 Å². The molecule has 4 nitrogen and oxygen atoms in total. The van der Waals surface area contributed by atoms with E-state index in [1.54, 1.807) is 0 Å². The van der Waals surface area contributed by atoms with Gasteiger partial charge in [0, 0.05) is 11.4 Å². The van der Waals surface area contributed by atoms with E-state index >= 15 is 0 Å². The van der Waals surface area contributed by atoms with Crippen molar-refractivity contribution in [2.75, 3.05) is 0 Å². The Balaban J connectivity index is 0.00000208. The van der Waals surface area contributed by atoms with Crippen LogP contribution >= 0.6 is 0 Å². The van der Waals surface area contributed by atoms with Gasteiger partial charge in [-0.1, -0.05) is 138 Å². The van der Waals surface area contributed by atoms with Crippen molar-refractivity contribution in [1.82, 2.24) is 21.1 Å². The van der Waals surface area contributed by atoms with Gasteiger partial charge < -0.3 is 16.1 Å². The predicted molar refractivity (Wildman–Crippen MR) is 187 cm³/mol. The number of hydrogen-bond donors (Lipinski definition) is 1. The summed E-state index contributed by atoms with van der Waals surface area (Å²) in [7, 11) is 0. The zero-order valence-corrected chi connectivity index (χ0v) is 27.5. The molecule has 0 saturated carbocycles. The van der Waals surface area contributed by atoms with Crippen LogP contribution in [0.4, 0.5) is 0 Å². The van der Waals surface area contributed by atoms with E-state index in [9.17, 15) is 0 Å². The Labute approximate surface area is 281 Å². The van der Waals surface area contributed by atoms with Crippen LogP contribution in [0.1, 0.15) is 22.3 Å². The van der Waals surface area contributed by atoms with Crippen LogP contribution in [0.15, 0.2) is 127 Å². The van der Waals surface area contributed by atoms with Crippen molar-refractivity contribution in [2.45, 2.75) is 27.7 Å². The molecule has 5 heteroatoms. The van der Waals surface area contributed by atoms with Crippen molar-refractivity contribution in [3.63, 3.8) is 0 Å². The van der Waals surface area contributed by atoms with Crippen LogP contribution in [0.5, 0.6) is 0 Å². The monoisotopic (exact) mass is 642 g/mol. The normalized spacial score (nSPS) is 10.7. The number of aryl methyl sites for hydroxylation is 4. The smallest absolute Gasteiger partial charge is 0.655 e. The largest absolute Gasteiger partial charge is 3.00 e. The molecule has 229 valence electrons. The average molecular weight is 643 g/mol. The summed E-state index contributed by atoms with van der Waals surface area (Å²) in [5.41, 5.74) is 16.7. The molecule has 0 atom stereocenters. The molecule has 3 heterocycles. The Morgan fingerprint density at radius 3 is 1.04 bits per heavy atom. The quantitative estimate of drug-likeness (QED) is 0.183. The molecule has 0 unspecified atom stereocenters. The summed E-state index contributed by atoms with van der Waals surface area (Å²) in [6, 6.07) is 44.9. The van der Waals surface area contributed by atoms with Crippen LogP contribution in [0.2, 0.25) is 0 Å². The Kier molecular flexibility index (Phi) is 9.58. The molecule has 7 rings (SSSR count). The molecule has 4 aromatic carbocycles. The van der Waals surface area contributed by atoms with Gasteiger partial charge in [0.05, 0.1) is 0 Å². The summed E-state index contributed by atoms with van der Waals surface area (Å²) in [4.78, 5) is 15.6. The minimum Gasteiger partial charge on any atom is -0.655 e. The molecule has 7 aromatic rings. The zero-order chi connectivity index (χ0) is 30.2. The van der Waals surface area contributed by atoms with Gasteiger partial charge >= 0.3 is 16.5 Å². The minimum atomic E-state index is 0. The maximum Gasteiger partial charge on any atom is 3.00 e. The van der Waals surface area contributed by atoms with Crippen LogP contribution in [0, 0.1) is 27.7 Å². The first-order valence-electron chi connectivity index (χ1n) is 15.0. The Morgan fingerprint density at radius 2 is 0.717 bits per heavy atom. The fourth-order valence-corrected chi connectivity index (χ4v) is 5.58. The number of benzene rings is 4. The van der Waals surface area contributed by atoms with Crippen molar-refractivity contribution < 1.29 is 16.5 Å². The Morgan fingerprint density at radius 1 is 0.413 bits per heavy atom. The Bertz CT molecular complexity index is 1920.